The van der Waals surface area contributed by atoms with Crippen molar-refractivity contribution in [3.05, 3.63) is 90.0 Å². The fourth-order valence-electron chi connectivity index (χ4n) is 2.39. The van der Waals surface area contributed by atoms with Crippen LogP contribution in [0.1, 0.15) is 17.0 Å². The molecule has 0 saturated carbocycles. The molecule has 1 aliphatic carbocycles. The summed E-state index contributed by atoms with van der Waals surface area (Å²) in [4.78, 5) is 0. The van der Waals surface area contributed by atoms with E-state index in [9.17, 15) is 0 Å². The molecule has 1 aliphatic rings. The summed E-state index contributed by atoms with van der Waals surface area (Å²) in [5.41, 5.74) is 5.21. The number of allylic oxidation sites excluding steroid dienone is 3. The lowest BCUT2D eigenvalue weighted by atomic mass is 9.73. The summed E-state index contributed by atoms with van der Waals surface area (Å²) in [5.74, 6) is 0.374. The number of benzene rings is 2. The van der Waals surface area contributed by atoms with Gasteiger partial charge < -0.3 is 0 Å². The van der Waals surface area contributed by atoms with Crippen LogP contribution in [0.2, 0.25) is 0 Å². The van der Waals surface area contributed by atoms with Gasteiger partial charge in [0.25, 0.3) is 0 Å². The first kappa shape index (κ1) is 10.1. The molecule has 0 nitrogen and oxygen atoms in total. The maximum absolute atomic E-state index is 4.12. The molecule has 0 saturated heterocycles. The van der Waals surface area contributed by atoms with Gasteiger partial charge in [-0.05, 0) is 22.3 Å². The average Bonchev–Trinajstić information content (AvgIpc) is 2.38. The van der Waals surface area contributed by atoms with Crippen molar-refractivity contribution >= 4 is 5.57 Å². The minimum absolute atomic E-state index is 0.374. The van der Waals surface area contributed by atoms with E-state index in [2.05, 4.69) is 73.3 Å². The maximum atomic E-state index is 4.12. The van der Waals surface area contributed by atoms with Crippen molar-refractivity contribution in [1.82, 2.24) is 0 Å². The van der Waals surface area contributed by atoms with E-state index in [1.807, 2.05) is 0 Å². The third-order valence-electron chi connectivity index (χ3n) is 3.26. The van der Waals surface area contributed by atoms with Crippen molar-refractivity contribution in [3.63, 3.8) is 0 Å². The maximum Gasteiger partial charge on any atom is 0.0340 e. The first-order valence-corrected chi connectivity index (χ1v) is 5.87. The van der Waals surface area contributed by atoms with Crippen molar-refractivity contribution in [2.45, 2.75) is 5.92 Å². The first-order chi connectivity index (χ1) is 8.36. The van der Waals surface area contributed by atoms with E-state index in [-0.39, 0.29) is 0 Å². The molecule has 17 heavy (non-hydrogen) atoms. The quantitative estimate of drug-likeness (QED) is 0.699. The standard InChI is InChI=1S/C17H14/c1-13-12-16(14-8-4-2-5-9-14)17(13)15-10-6-3-7-11-15/h2-12,17H,1H2. The van der Waals surface area contributed by atoms with Gasteiger partial charge in [-0.15, -0.1) is 0 Å². The molecule has 0 heterocycles. The second-order valence-corrected chi connectivity index (χ2v) is 4.38. The Balaban J connectivity index is 1.99. The molecule has 1 unspecified atom stereocenters. The molecule has 0 amide bonds. The van der Waals surface area contributed by atoms with E-state index in [4.69, 9.17) is 0 Å². The molecule has 0 heteroatoms. The molecule has 0 radical (unpaired) electrons. The van der Waals surface area contributed by atoms with Crippen LogP contribution in [0.4, 0.5) is 0 Å². The van der Waals surface area contributed by atoms with Gasteiger partial charge in [0.15, 0.2) is 0 Å². The normalized spacial score (nSPS) is 18.5. The van der Waals surface area contributed by atoms with Crippen LogP contribution in [0, 0.1) is 0 Å². The van der Waals surface area contributed by atoms with Crippen LogP contribution in [0.3, 0.4) is 0 Å². The lowest BCUT2D eigenvalue weighted by Gasteiger charge is -2.30. The van der Waals surface area contributed by atoms with E-state index in [0.29, 0.717) is 5.92 Å². The Hall–Kier alpha value is -2.08. The van der Waals surface area contributed by atoms with Gasteiger partial charge in [0.2, 0.25) is 0 Å². The minimum atomic E-state index is 0.374. The molecule has 0 N–H and O–H groups in total. The second kappa shape index (κ2) is 4.06. The third kappa shape index (κ3) is 1.72. The molecular formula is C17H14. The summed E-state index contributed by atoms with van der Waals surface area (Å²) >= 11 is 0. The van der Waals surface area contributed by atoms with Crippen LogP contribution < -0.4 is 0 Å². The van der Waals surface area contributed by atoms with Crippen molar-refractivity contribution in [3.8, 4) is 0 Å². The lowest BCUT2D eigenvalue weighted by Crippen LogP contribution is -2.12. The van der Waals surface area contributed by atoms with Gasteiger partial charge in [-0.2, -0.15) is 0 Å². The van der Waals surface area contributed by atoms with Gasteiger partial charge >= 0.3 is 0 Å². The molecule has 1 atom stereocenters. The number of rotatable bonds is 2. The summed E-state index contributed by atoms with van der Waals surface area (Å²) in [6.07, 6.45) is 2.19. The molecule has 0 bridgehead atoms. The smallest absolute Gasteiger partial charge is 0.0340 e. The van der Waals surface area contributed by atoms with Crippen LogP contribution in [-0.2, 0) is 0 Å². The number of hydrogen-bond acceptors (Lipinski definition) is 0. The van der Waals surface area contributed by atoms with Crippen molar-refractivity contribution in [2.24, 2.45) is 0 Å². The van der Waals surface area contributed by atoms with Crippen molar-refractivity contribution in [1.29, 1.82) is 0 Å². The average molecular weight is 218 g/mol. The highest BCUT2D eigenvalue weighted by Crippen LogP contribution is 2.46. The molecule has 2 aromatic carbocycles. The predicted octanol–water partition coefficient (Wildman–Crippen LogP) is 4.42. The Morgan fingerprint density at radius 1 is 0.765 bits per heavy atom. The van der Waals surface area contributed by atoms with E-state index in [0.717, 1.165) is 0 Å². The summed E-state index contributed by atoms with van der Waals surface area (Å²) in [7, 11) is 0. The van der Waals surface area contributed by atoms with Gasteiger partial charge in [-0.1, -0.05) is 73.3 Å². The molecular weight excluding hydrogens is 204 g/mol. The Labute approximate surface area is 102 Å². The summed E-state index contributed by atoms with van der Waals surface area (Å²) in [6, 6.07) is 21.1. The Bertz CT molecular complexity index is 562. The van der Waals surface area contributed by atoms with Crippen LogP contribution in [0.25, 0.3) is 5.57 Å². The molecule has 0 spiro atoms. The zero-order valence-electron chi connectivity index (χ0n) is 9.64. The highest BCUT2D eigenvalue weighted by atomic mass is 14.3. The molecule has 0 aliphatic heterocycles. The summed E-state index contributed by atoms with van der Waals surface area (Å²) < 4.78 is 0. The fourth-order valence-corrected chi connectivity index (χ4v) is 2.39. The highest BCUT2D eigenvalue weighted by molar-refractivity contribution is 5.84. The van der Waals surface area contributed by atoms with Gasteiger partial charge in [-0.25, -0.2) is 0 Å². The van der Waals surface area contributed by atoms with Crippen LogP contribution >= 0.6 is 0 Å². The highest BCUT2D eigenvalue weighted by Gasteiger charge is 2.27. The van der Waals surface area contributed by atoms with Gasteiger partial charge in [-0.3, -0.25) is 0 Å². The van der Waals surface area contributed by atoms with E-state index in [1.165, 1.54) is 22.3 Å². The topological polar surface area (TPSA) is 0 Å². The van der Waals surface area contributed by atoms with Crippen LogP contribution in [-0.4, -0.2) is 0 Å². The van der Waals surface area contributed by atoms with E-state index < -0.39 is 0 Å². The molecule has 2 aromatic rings. The number of hydrogen-bond donors (Lipinski definition) is 0. The van der Waals surface area contributed by atoms with Crippen LogP contribution in [0.5, 0.6) is 0 Å². The second-order valence-electron chi connectivity index (χ2n) is 4.38. The van der Waals surface area contributed by atoms with Crippen molar-refractivity contribution in [2.75, 3.05) is 0 Å². The van der Waals surface area contributed by atoms with Gasteiger partial charge in [0.05, 0.1) is 0 Å². The Kier molecular flexibility index (Phi) is 2.41. The third-order valence-corrected chi connectivity index (χ3v) is 3.26. The van der Waals surface area contributed by atoms with E-state index in [1.54, 1.807) is 0 Å². The summed E-state index contributed by atoms with van der Waals surface area (Å²) in [5, 5.41) is 0. The van der Waals surface area contributed by atoms with Gasteiger partial charge in [0.1, 0.15) is 0 Å². The zero-order chi connectivity index (χ0) is 11.7. The van der Waals surface area contributed by atoms with E-state index >= 15 is 0 Å². The van der Waals surface area contributed by atoms with Gasteiger partial charge in [0, 0.05) is 5.92 Å². The minimum Gasteiger partial charge on any atom is -0.0949 e. The largest absolute Gasteiger partial charge is 0.0949 e. The lowest BCUT2D eigenvalue weighted by molar-refractivity contribution is 0.998. The predicted molar refractivity (Wildman–Crippen MR) is 72.7 cm³/mol. The Morgan fingerprint density at radius 3 is 1.94 bits per heavy atom. The van der Waals surface area contributed by atoms with Crippen molar-refractivity contribution < 1.29 is 0 Å². The first-order valence-electron chi connectivity index (χ1n) is 5.87. The van der Waals surface area contributed by atoms with Crippen LogP contribution in [0.15, 0.2) is 78.9 Å². The fraction of sp³-hybridized carbons (Fsp3) is 0.0588. The Morgan fingerprint density at radius 2 is 1.35 bits per heavy atom. The molecule has 3 rings (SSSR count). The molecule has 0 aromatic heterocycles. The molecule has 82 valence electrons. The SMILES string of the molecule is C=C1C=C(c2ccccc2)C1c1ccccc1. The zero-order valence-corrected chi connectivity index (χ0v) is 9.64. The summed E-state index contributed by atoms with van der Waals surface area (Å²) in [6.45, 7) is 4.12. The monoisotopic (exact) mass is 218 g/mol. The molecule has 0 fully saturated rings.